The highest BCUT2D eigenvalue weighted by atomic mass is 32.2. The van der Waals surface area contributed by atoms with Gasteiger partial charge in [0.15, 0.2) is 17.7 Å². The van der Waals surface area contributed by atoms with Crippen LogP contribution >= 0.6 is 35.2 Å². The maximum Gasteiger partial charge on any atom is 0.481 e. The van der Waals surface area contributed by atoms with Gasteiger partial charge in [0.25, 0.3) is 0 Å². The summed E-state index contributed by atoms with van der Waals surface area (Å²) < 4.78 is 62.0. The van der Waals surface area contributed by atoms with Gasteiger partial charge in [0.05, 0.1) is 31.7 Å². The molecule has 5 unspecified atom stereocenters. The summed E-state index contributed by atoms with van der Waals surface area (Å²) in [6.45, 7) is 1.99. The summed E-state index contributed by atoms with van der Waals surface area (Å²) in [4.78, 5) is 75.4. The van der Waals surface area contributed by atoms with Crippen LogP contribution in [0.4, 0.5) is 5.82 Å². The minimum absolute atomic E-state index is 0.0286. The molecule has 1 aliphatic rings. The van der Waals surface area contributed by atoms with Crippen molar-refractivity contribution < 1.29 is 85.9 Å². The van der Waals surface area contributed by atoms with E-state index in [0.717, 1.165) is 17.2 Å². The number of phosphoric acid groups is 3. The van der Waals surface area contributed by atoms with Gasteiger partial charge in [0, 0.05) is 36.4 Å². The molecule has 3 rings (SSSR count). The van der Waals surface area contributed by atoms with Crippen molar-refractivity contribution in [2.45, 2.75) is 70.0 Å². The second-order valence-corrected chi connectivity index (χ2v) is 17.8. The van der Waals surface area contributed by atoms with Gasteiger partial charge < -0.3 is 61.1 Å². The molecular formula is C25H44N7O18P3S. The first kappa shape index (κ1) is 46.2. The topological polar surface area (TPSA) is 387 Å². The van der Waals surface area contributed by atoms with Gasteiger partial charge in [0.1, 0.15) is 36.3 Å². The number of carbonyl (C=O) groups is 2. The molecule has 12 N–H and O–H groups in total. The molecule has 1 fully saturated rings. The number of nitrogens with zero attached hydrogens (tertiary/aromatic N) is 4. The number of phosphoric ester groups is 3. The minimum Gasteiger partial charge on any atom is -0.391 e. The summed E-state index contributed by atoms with van der Waals surface area (Å²) in [6, 6.07) is 0. The highest BCUT2D eigenvalue weighted by molar-refractivity contribution is 7.99. The number of fused-ring (bicyclic) bond motifs is 1. The Balaban J connectivity index is 1.50. The van der Waals surface area contributed by atoms with Crippen LogP contribution in [0, 0.1) is 5.41 Å². The Morgan fingerprint density at radius 2 is 1.72 bits per heavy atom. The fraction of sp³-hybridized carbons (Fsp3) is 0.720. The summed E-state index contributed by atoms with van der Waals surface area (Å²) in [7, 11) is -16.4. The van der Waals surface area contributed by atoms with E-state index in [1.165, 1.54) is 32.5 Å². The quantitative estimate of drug-likeness (QED) is 0.0445. The number of carbonyl (C=O) groups excluding carboxylic acids is 2. The molecule has 2 aromatic heterocycles. The van der Waals surface area contributed by atoms with Gasteiger partial charge in [-0.1, -0.05) is 13.8 Å². The van der Waals surface area contributed by atoms with Crippen molar-refractivity contribution in [2.75, 3.05) is 43.5 Å². The molecule has 2 aromatic rings. The number of imidazole rings is 1. The minimum atomic E-state index is -5.57. The van der Waals surface area contributed by atoms with Crippen molar-refractivity contribution >= 4 is 64.0 Å². The Morgan fingerprint density at radius 3 is 2.37 bits per heavy atom. The number of amides is 2. The first-order valence-corrected chi connectivity index (χ1v) is 21.4. The van der Waals surface area contributed by atoms with E-state index in [1.807, 2.05) is 0 Å². The summed E-state index contributed by atoms with van der Waals surface area (Å²) in [5, 5.41) is 45.1. The largest absolute Gasteiger partial charge is 0.481 e. The van der Waals surface area contributed by atoms with Crippen molar-refractivity contribution in [3.8, 4) is 0 Å². The molecule has 0 saturated carbocycles. The standard InChI is InChI=1S/C25H44N7O18P3S/c1-13(33)14(34)9-54-7-6-27-16(35)4-5-28-23(38)20(37)25(2,3)10-47-53(44,45)50-52(42,43)46-8-15-19(49-51(39,40)41)18(36)24(48-15)32-12-31-17-21(26)29-11-30-22(17)32/h11-15,18-20,24,33-34,36-37H,4-10H2,1-3H3,(H,27,35)(H,28,38)(H,42,43)(H,44,45)(H2,26,29,30)(H2,39,40,41)/t13?,14?,15-,18-,19-,20?,24-/m1/s1. The Morgan fingerprint density at radius 1 is 1.06 bits per heavy atom. The van der Waals surface area contributed by atoms with Crippen molar-refractivity contribution in [1.29, 1.82) is 0 Å². The second-order valence-electron chi connectivity index (χ2n) is 12.5. The predicted octanol–water partition coefficient (Wildman–Crippen LogP) is -2.12. The lowest BCUT2D eigenvalue weighted by Gasteiger charge is -2.30. The zero-order valence-corrected chi connectivity index (χ0v) is 32.4. The number of anilines is 1. The lowest BCUT2D eigenvalue weighted by Crippen LogP contribution is -2.46. The van der Waals surface area contributed by atoms with E-state index >= 15 is 0 Å². The van der Waals surface area contributed by atoms with E-state index in [-0.39, 0.29) is 42.2 Å². The zero-order valence-electron chi connectivity index (χ0n) is 28.9. The van der Waals surface area contributed by atoms with Crippen LogP contribution in [0.1, 0.15) is 33.4 Å². The third kappa shape index (κ3) is 13.8. The third-order valence-electron chi connectivity index (χ3n) is 7.49. The monoisotopic (exact) mass is 855 g/mol. The number of hydrogen-bond acceptors (Lipinski definition) is 19. The van der Waals surface area contributed by atoms with Crippen molar-refractivity contribution in [1.82, 2.24) is 30.2 Å². The first-order chi connectivity index (χ1) is 24.9. The third-order valence-corrected chi connectivity index (χ3v) is 11.7. The molecule has 0 radical (unpaired) electrons. The number of nitrogens with two attached hydrogens (primary N) is 1. The maximum absolute atomic E-state index is 12.6. The summed E-state index contributed by atoms with van der Waals surface area (Å²) in [5.41, 5.74) is 4.25. The van der Waals surface area contributed by atoms with Crippen LogP contribution in [0.3, 0.4) is 0 Å². The predicted molar refractivity (Wildman–Crippen MR) is 185 cm³/mol. The number of aromatic nitrogens is 4. The number of ether oxygens (including phenoxy) is 1. The normalized spacial score (nSPS) is 23.3. The average Bonchev–Trinajstić information content (AvgIpc) is 3.62. The van der Waals surface area contributed by atoms with Crippen LogP contribution in [0.5, 0.6) is 0 Å². The maximum atomic E-state index is 12.6. The molecule has 2 amide bonds. The van der Waals surface area contributed by atoms with Crippen LogP contribution < -0.4 is 16.4 Å². The number of aliphatic hydroxyl groups is 4. The fourth-order valence-corrected chi connectivity index (χ4v) is 8.31. The highest BCUT2D eigenvalue weighted by Gasteiger charge is 2.50. The van der Waals surface area contributed by atoms with Crippen LogP contribution in [0.25, 0.3) is 11.2 Å². The summed E-state index contributed by atoms with van der Waals surface area (Å²) >= 11 is 1.31. The van der Waals surface area contributed by atoms with Gasteiger partial charge in [-0.3, -0.25) is 27.7 Å². The number of thioether (sulfide) groups is 1. The number of nitrogens with one attached hydrogen (secondary N) is 2. The lowest BCUT2D eigenvalue weighted by atomic mass is 9.87. The Kier molecular flexibility index (Phi) is 16.5. The van der Waals surface area contributed by atoms with Gasteiger partial charge in [-0.25, -0.2) is 28.6 Å². The van der Waals surface area contributed by atoms with E-state index in [1.54, 1.807) is 0 Å². The second kappa shape index (κ2) is 19.3. The zero-order chi connectivity index (χ0) is 40.6. The van der Waals surface area contributed by atoms with E-state index in [2.05, 4.69) is 34.4 Å². The van der Waals surface area contributed by atoms with Crippen LogP contribution in [-0.2, 0) is 45.9 Å². The molecule has 1 saturated heterocycles. The molecule has 0 bridgehead atoms. The Bertz CT molecular complexity index is 1730. The highest BCUT2D eigenvalue weighted by Crippen LogP contribution is 2.61. The van der Waals surface area contributed by atoms with Crippen molar-refractivity contribution in [3.63, 3.8) is 0 Å². The van der Waals surface area contributed by atoms with Gasteiger partial charge in [-0.2, -0.15) is 16.1 Å². The number of hydrogen-bond donors (Lipinski definition) is 11. The number of nitrogen functional groups attached to an aromatic ring is 1. The van der Waals surface area contributed by atoms with Crippen LogP contribution in [0.2, 0.25) is 0 Å². The van der Waals surface area contributed by atoms with Gasteiger partial charge in [0.2, 0.25) is 11.8 Å². The van der Waals surface area contributed by atoms with E-state index in [9.17, 15) is 63.3 Å². The molecular weight excluding hydrogens is 811 g/mol. The molecule has 1 aliphatic heterocycles. The molecule has 0 spiro atoms. The average molecular weight is 856 g/mol. The Labute approximate surface area is 311 Å². The summed E-state index contributed by atoms with van der Waals surface area (Å²) in [5.74, 6) is -0.720. The first-order valence-electron chi connectivity index (χ1n) is 15.8. The van der Waals surface area contributed by atoms with E-state index in [0.29, 0.717) is 5.75 Å². The molecule has 54 heavy (non-hydrogen) atoms. The van der Waals surface area contributed by atoms with Crippen molar-refractivity contribution in [2.24, 2.45) is 5.41 Å². The molecule has 0 aromatic carbocycles. The molecule has 3 heterocycles. The van der Waals surface area contributed by atoms with Gasteiger partial charge in [-0.05, 0) is 6.92 Å². The van der Waals surface area contributed by atoms with E-state index < -0.39 is 96.8 Å². The smallest absolute Gasteiger partial charge is 0.391 e. The van der Waals surface area contributed by atoms with Crippen LogP contribution in [-0.4, -0.2) is 146 Å². The van der Waals surface area contributed by atoms with Crippen LogP contribution in [0.15, 0.2) is 12.7 Å². The molecule has 25 nitrogen and oxygen atoms in total. The fourth-order valence-electron chi connectivity index (χ4n) is 4.55. The SMILES string of the molecule is CC(O)C(O)CSCCNC(=O)CCNC(=O)C(O)C(C)(C)COP(=O)(O)OP(=O)(O)OC[C@H]1O[C@@H](n2cnc3c(N)ncnc32)[C@H](O)[C@@H]1OP(=O)(O)O. The Hall–Kier alpha value is -2.19. The molecule has 308 valence electrons. The number of aliphatic hydroxyl groups excluding tert-OH is 4. The van der Waals surface area contributed by atoms with Gasteiger partial charge >= 0.3 is 23.5 Å². The molecule has 0 aliphatic carbocycles. The molecule has 29 heteroatoms. The summed E-state index contributed by atoms with van der Waals surface area (Å²) in [6.07, 6.45) is -8.70. The van der Waals surface area contributed by atoms with Gasteiger partial charge in [-0.15, -0.1) is 0 Å². The molecule has 9 atom stereocenters. The van der Waals surface area contributed by atoms with E-state index in [4.69, 9.17) is 19.5 Å². The number of rotatable bonds is 22. The lowest BCUT2D eigenvalue weighted by molar-refractivity contribution is -0.137. The van der Waals surface area contributed by atoms with Crippen molar-refractivity contribution in [3.05, 3.63) is 12.7 Å².